The number of halogens is 4. The molecule has 0 unspecified atom stereocenters. The summed E-state index contributed by atoms with van der Waals surface area (Å²) in [5.74, 6) is -0.910. The van der Waals surface area contributed by atoms with Crippen LogP contribution in [0.2, 0.25) is 5.02 Å². The van der Waals surface area contributed by atoms with E-state index in [0.717, 1.165) is 72.4 Å². The normalized spacial score (nSPS) is 18.2. The quantitative estimate of drug-likeness (QED) is 0.101. The molecule has 314 valence electrons. The van der Waals surface area contributed by atoms with Crippen LogP contribution in [0.4, 0.5) is 13.2 Å². The number of ether oxygens (including phenoxy) is 3. The van der Waals surface area contributed by atoms with E-state index < -0.39 is 29.7 Å². The standard InChI is InChI=1S/C44H49ClF3N5O6/c1-57-41-27(21-49-22-29-15-19-38(54)50-29)14-17-36(51-41)34-13-7-12-33(40(34)45)30-10-6-11-32-31(30)16-18-37(32)59-43-35(44(46,47)48)20-28(42(52-43)58-2)24-53(25-39(55)56)23-26-8-4-3-5-9-26/h6-7,10-14,17,20,26,29,37,49H,3-5,8-9,15-16,18-19,21-25H2,1-2H3,(H,50,54)(H,55,56)/t29-,37-/m0/s1. The van der Waals surface area contributed by atoms with Crippen molar-refractivity contribution in [2.24, 2.45) is 5.92 Å². The fourth-order valence-corrected chi connectivity index (χ4v) is 8.99. The summed E-state index contributed by atoms with van der Waals surface area (Å²) < 4.78 is 61.5. The highest BCUT2D eigenvalue weighted by Gasteiger charge is 2.39. The second-order valence-corrected chi connectivity index (χ2v) is 15.9. The first-order chi connectivity index (χ1) is 28.4. The lowest BCUT2D eigenvalue weighted by Gasteiger charge is -2.29. The van der Waals surface area contributed by atoms with Gasteiger partial charge in [-0.25, -0.2) is 4.98 Å². The molecule has 3 aliphatic rings. The van der Waals surface area contributed by atoms with E-state index in [0.29, 0.717) is 61.1 Å². The molecule has 1 saturated carbocycles. The number of aromatic nitrogens is 2. The number of nitrogens with zero attached hydrogens (tertiary/aromatic N) is 3. The number of methoxy groups -OCH3 is 2. The van der Waals surface area contributed by atoms with E-state index in [-0.39, 0.29) is 42.4 Å². The molecule has 2 aliphatic carbocycles. The van der Waals surface area contributed by atoms with Crippen LogP contribution in [-0.2, 0) is 35.3 Å². The third-order valence-electron chi connectivity index (χ3n) is 11.5. The number of carboxylic acids is 1. The summed E-state index contributed by atoms with van der Waals surface area (Å²) in [6.45, 7) is 1.21. The maximum absolute atomic E-state index is 14.7. The lowest BCUT2D eigenvalue weighted by molar-refractivity contribution is -0.140. The van der Waals surface area contributed by atoms with Crippen LogP contribution in [0, 0.1) is 5.92 Å². The first-order valence-electron chi connectivity index (χ1n) is 20.1. The first-order valence-corrected chi connectivity index (χ1v) is 20.5. The topological polar surface area (TPSA) is 135 Å². The predicted octanol–water partition coefficient (Wildman–Crippen LogP) is 8.40. The Morgan fingerprint density at radius 2 is 1.64 bits per heavy atom. The molecule has 59 heavy (non-hydrogen) atoms. The Morgan fingerprint density at radius 1 is 0.915 bits per heavy atom. The Bertz CT molecular complexity index is 2160. The summed E-state index contributed by atoms with van der Waals surface area (Å²) in [6.07, 6.45) is 1.87. The maximum atomic E-state index is 14.7. The van der Waals surface area contributed by atoms with Gasteiger partial charge >= 0.3 is 12.1 Å². The van der Waals surface area contributed by atoms with Gasteiger partial charge in [-0.3, -0.25) is 14.5 Å². The lowest BCUT2D eigenvalue weighted by atomic mass is 9.89. The fourth-order valence-electron chi connectivity index (χ4n) is 8.66. The Balaban J connectivity index is 1.12. The van der Waals surface area contributed by atoms with Gasteiger partial charge < -0.3 is 30.0 Å². The molecule has 4 aromatic rings. The van der Waals surface area contributed by atoms with Gasteiger partial charge in [0.2, 0.25) is 23.5 Å². The molecule has 3 N–H and O–H groups in total. The number of alkyl halides is 3. The molecule has 2 fully saturated rings. The summed E-state index contributed by atoms with van der Waals surface area (Å²) in [4.78, 5) is 34.0. The number of carbonyl (C=O) groups is 2. The molecule has 3 heterocycles. The smallest absolute Gasteiger partial charge is 0.421 e. The molecular weight excluding hydrogens is 787 g/mol. The van der Waals surface area contributed by atoms with E-state index in [9.17, 15) is 27.9 Å². The molecule has 2 aromatic carbocycles. The number of benzene rings is 2. The van der Waals surface area contributed by atoms with E-state index in [2.05, 4.69) is 15.6 Å². The Kier molecular flexibility index (Phi) is 13.3. The monoisotopic (exact) mass is 835 g/mol. The minimum Gasteiger partial charge on any atom is -0.481 e. The molecule has 15 heteroatoms. The van der Waals surface area contributed by atoms with E-state index >= 15 is 0 Å². The number of amides is 1. The zero-order chi connectivity index (χ0) is 41.7. The largest absolute Gasteiger partial charge is 0.481 e. The molecule has 0 radical (unpaired) electrons. The van der Waals surface area contributed by atoms with Crippen molar-refractivity contribution in [3.63, 3.8) is 0 Å². The SMILES string of the molecule is COc1nc(-c2cccc(-c3cccc4c3CC[C@@H]4Oc3nc(OC)c(CN(CC(=O)O)CC4CCCCC4)cc3C(F)(F)F)c2Cl)ccc1CNC[C@@H]1CCC(=O)N1. The van der Waals surface area contributed by atoms with Crippen LogP contribution in [0.5, 0.6) is 17.6 Å². The second-order valence-electron chi connectivity index (χ2n) is 15.6. The van der Waals surface area contributed by atoms with Gasteiger partial charge in [-0.15, -0.1) is 0 Å². The molecule has 1 amide bonds. The van der Waals surface area contributed by atoms with Crippen LogP contribution < -0.4 is 24.8 Å². The molecule has 7 rings (SSSR count). The van der Waals surface area contributed by atoms with Gasteiger partial charge in [-0.1, -0.05) is 73.3 Å². The van der Waals surface area contributed by atoms with Gasteiger partial charge in [-0.05, 0) is 66.8 Å². The van der Waals surface area contributed by atoms with Crippen molar-refractivity contribution in [1.29, 1.82) is 0 Å². The number of rotatable bonds is 16. The van der Waals surface area contributed by atoms with Gasteiger partial charge in [0.1, 0.15) is 11.7 Å². The zero-order valence-corrected chi connectivity index (χ0v) is 33.9. The Hall–Kier alpha value is -4.92. The minimum absolute atomic E-state index is 0.0452. The van der Waals surface area contributed by atoms with Gasteiger partial charge in [0.25, 0.3) is 0 Å². The van der Waals surface area contributed by atoms with E-state index in [1.165, 1.54) is 7.11 Å². The first kappa shape index (κ1) is 42.2. The van der Waals surface area contributed by atoms with Crippen LogP contribution >= 0.6 is 11.6 Å². The number of carbonyl (C=O) groups excluding carboxylic acids is 1. The van der Waals surface area contributed by atoms with Crippen molar-refractivity contribution in [2.75, 3.05) is 33.9 Å². The van der Waals surface area contributed by atoms with Crippen LogP contribution in [0.15, 0.2) is 54.6 Å². The van der Waals surface area contributed by atoms with Crippen LogP contribution in [0.1, 0.15) is 85.3 Å². The van der Waals surface area contributed by atoms with Crippen LogP contribution in [0.3, 0.4) is 0 Å². The Labute approximate surface area is 346 Å². The molecule has 0 spiro atoms. The highest BCUT2D eigenvalue weighted by Crippen LogP contribution is 2.46. The third kappa shape index (κ3) is 9.93. The number of pyridine rings is 2. The predicted molar refractivity (Wildman–Crippen MR) is 217 cm³/mol. The molecule has 1 aliphatic heterocycles. The number of aliphatic carboxylic acids is 1. The number of fused-ring (bicyclic) bond motifs is 1. The van der Waals surface area contributed by atoms with Crippen molar-refractivity contribution in [3.05, 3.63) is 87.4 Å². The van der Waals surface area contributed by atoms with Gasteiger partial charge in [-0.2, -0.15) is 18.2 Å². The minimum atomic E-state index is -4.80. The van der Waals surface area contributed by atoms with Crippen molar-refractivity contribution in [1.82, 2.24) is 25.5 Å². The molecule has 11 nitrogen and oxygen atoms in total. The second kappa shape index (κ2) is 18.6. The molecular formula is C44H49ClF3N5O6. The van der Waals surface area contributed by atoms with E-state index in [4.69, 9.17) is 30.8 Å². The van der Waals surface area contributed by atoms with Crippen molar-refractivity contribution in [2.45, 2.75) is 89.2 Å². The highest BCUT2D eigenvalue weighted by molar-refractivity contribution is 6.36. The van der Waals surface area contributed by atoms with Gasteiger partial charge in [0.05, 0.1) is 31.5 Å². The Morgan fingerprint density at radius 3 is 2.36 bits per heavy atom. The molecule has 0 bridgehead atoms. The van der Waals surface area contributed by atoms with Crippen molar-refractivity contribution < 1.29 is 42.1 Å². The van der Waals surface area contributed by atoms with Gasteiger partial charge in [0, 0.05) is 60.9 Å². The number of carboxylic acid groups (broad SMARTS) is 1. The molecule has 1 saturated heterocycles. The highest BCUT2D eigenvalue weighted by atomic mass is 35.5. The fraction of sp³-hybridized carbons (Fsp3) is 0.455. The van der Waals surface area contributed by atoms with Crippen molar-refractivity contribution in [3.8, 4) is 40.0 Å². The van der Waals surface area contributed by atoms with E-state index in [1.54, 1.807) is 12.0 Å². The summed E-state index contributed by atoms with van der Waals surface area (Å²) >= 11 is 7.14. The van der Waals surface area contributed by atoms with Crippen LogP contribution in [0.25, 0.3) is 22.4 Å². The van der Waals surface area contributed by atoms with E-state index in [1.807, 2.05) is 48.5 Å². The average molecular weight is 836 g/mol. The summed E-state index contributed by atoms with van der Waals surface area (Å²) in [5.41, 5.74) is 4.46. The summed E-state index contributed by atoms with van der Waals surface area (Å²) in [6, 6.07) is 16.2. The van der Waals surface area contributed by atoms with Crippen LogP contribution in [-0.4, -0.2) is 71.7 Å². The third-order valence-corrected chi connectivity index (χ3v) is 11.9. The number of nitrogens with one attached hydrogen (secondary N) is 2. The number of hydrogen-bond donors (Lipinski definition) is 3. The molecule has 2 aromatic heterocycles. The number of hydrogen-bond acceptors (Lipinski definition) is 9. The lowest BCUT2D eigenvalue weighted by Crippen LogP contribution is -2.35. The zero-order valence-electron chi connectivity index (χ0n) is 33.2. The molecule has 2 atom stereocenters. The average Bonchev–Trinajstić information content (AvgIpc) is 3.83. The maximum Gasteiger partial charge on any atom is 0.421 e. The van der Waals surface area contributed by atoms with Gasteiger partial charge in [0.15, 0.2) is 0 Å². The summed E-state index contributed by atoms with van der Waals surface area (Å²) in [7, 11) is 2.89. The summed E-state index contributed by atoms with van der Waals surface area (Å²) in [5, 5.41) is 16.4. The van der Waals surface area contributed by atoms with Crippen molar-refractivity contribution >= 4 is 23.5 Å².